The van der Waals surface area contributed by atoms with E-state index in [-0.39, 0.29) is 22.4 Å². The third-order valence-electron chi connectivity index (χ3n) is 4.03. The molecule has 3 nitrogen and oxygen atoms in total. The Balaban J connectivity index is 2.34. The molecule has 136 valence electrons. The number of alkyl halides is 3. The van der Waals surface area contributed by atoms with Gasteiger partial charge in [-0.1, -0.05) is 60.7 Å². The molecule has 0 heterocycles. The van der Waals surface area contributed by atoms with E-state index in [0.29, 0.717) is 5.56 Å². The molecule has 0 atom stereocenters. The van der Waals surface area contributed by atoms with Crippen LogP contribution in [0.1, 0.15) is 16.7 Å². The lowest BCUT2D eigenvalue weighted by molar-refractivity contribution is -0.384. The van der Waals surface area contributed by atoms with E-state index in [9.17, 15) is 23.3 Å². The van der Waals surface area contributed by atoms with Crippen molar-refractivity contribution in [2.24, 2.45) is 0 Å². The molecule has 0 aliphatic heterocycles. The first-order valence-electron chi connectivity index (χ1n) is 8.05. The molecule has 0 bridgehead atoms. The maximum atomic E-state index is 14.1. The van der Waals surface area contributed by atoms with E-state index in [1.54, 1.807) is 48.5 Å². The van der Waals surface area contributed by atoms with Crippen LogP contribution >= 0.6 is 0 Å². The van der Waals surface area contributed by atoms with Gasteiger partial charge in [0.05, 0.1) is 10.5 Å². The summed E-state index contributed by atoms with van der Waals surface area (Å²) in [5.74, 6) is 0. The fourth-order valence-electron chi connectivity index (χ4n) is 2.86. The molecule has 0 aromatic heterocycles. The van der Waals surface area contributed by atoms with Crippen molar-refractivity contribution in [1.82, 2.24) is 0 Å². The van der Waals surface area contributed by atoms with E-state index in [1.165, 1.54) is 36.4 Å². The molecule has 0 amide bonds. The van der Waals surface area contributed by atoms with Gasteiger partial charge in [0.25, 0.3) is 5.69 Å². The van der Waals surface area contributed by atoms with Gasteiger partial charge in [0.1, 0.15) is 0 Å². The quantitative estimate of drug-likeness (QED) is 0.316. The summed E-state index contributed by atoms with van der Waals surface area (Å²) >= 11 is 0. The SMILES string of the molecule is O=[N+]([O-])c1ccc(/C(=C(/c2ccccc2)C(F)(F)F)c2ccccc2)cc1. The molecule has 0 radical (unpaired) electrons. The number of nitro benzene ring substituents is 1. The summed E-state index contributed by atoms with van der Waals surface area (Å²) in [6, 6.07) is 20.8. The monoisotopic (exact) mass is 369 g/mol. The van der Waals surface area contributed by atoms with E-state index in [0.717, 1.165) is 0 Å². The van der Waals surface area contributed by atoms with Crippen LogP contribution in [0, 0.1) is 10.1 Å². The smallest absolute Gasteiger partial charge is 0.258 e. The maximum absolute atomic E-state index is 14.1. The van der Waals surface area contributed by atoms with Crippen LogP contribution in [0.4, 0.5) is 18.9 Å². The van der Waals surface area contributed by atoms with Crippen LogP contribution in [0.5, 0.6) is 0 Å². The fourth-order valence-corrected chi connectivity index (χ4v) is 2.86. The van der Waals surface area contributed by atoms with Crippen molar-refractivity contribution in [1.29, 1.82) is 0 Å². The molecule has 3 rings (SSSR count). The molecule has 0 aliphatic carbocycles. The van der Waals surface area contributed by atoms with Crippen molar-refractivity contribution in [2.75, 3.05) is 0 Å². The molecule has 0 saturated heterocycles. The Kier molecular flexibility index (Phi) is 5.07. The van der Waals surface area contributed by atoms with Crippen molar-refractivity contribution in [3.63, 3.8) is 0 Å². The van der Waals surface area contributed by atoms with Crippen molar-refractivity contribution < 1.29 is 18.1 Å². The average Bonchev–Trinajstić information content (AvgIpc) is 2.66. The van der Waals surface area contributed by atoms with Gasteiger partial charge in [-0.05, 0) is 28.8 Å². The first-order valence-corrected chi connectivity index (χ1v) is 8.05. The summed E-state index contributed by atoms with van der Waals surface area (Å²) in [5, 5.41) is 10.9. The molecule has 0 aliphatic rings. The number of allylic oxidation sites excluding steroid dienone is 1. The van der Waals surface area contributed by atoms with Crippen molar-refractivity contribution >= 4 is 16.8 Å². The van der Waals surface area contributed by atoms with E-state index in [4.69, 9.17) is 0 Å². The normalized spacial score (nSPS) is 12.4. The zero-order chi connectivity index (χ0) is 19.4. The van der Waals surface area contributed by atoms with Crippen molar-refractivity contribution in [2.45, 2.75) is 6.18 Å². The second kappa shape index (κ2) is 7.45. The molecule has 0 fully saturated rings. The fraction of sp³-hybridized carbons (Fsp3) is 0.0476. The lowest BCUT2D eigenvalue weighted by Gasteiger charge is -2.19. The molecule has 6 heteroatoms. The minimum atomic E-state index is -4.62. The van der Waals surface area contributed by atoms with Gasteiger partial charge in [0.2, 0.25) is 0 Å². The van der Waals surface area contributed by atoms with Crippen LogP contribution in [-0.2, 0) is 0 Å². The summed E-state index contributed by atoms with van der Waals surface area (Å²) in [5.41, 5.74) is -0.334. The molecule has 27 heavy (non-hydrogen) atoms. The second-order valence-corrected chi connectivity index (χ2v) is 5.78. The minimum Gasteiger partial charge on any atom is -0.258 e. The maximum Gasteiger partial charge on any atom is 0.417 e. The zero-order valence-electron chi connectivity index (χ0n) is 14.0. The van der Waals surface area contributed by atoms with Gasteiger partial charge >= 0.3 is 6.18 Å². The van der Waals surface area contributed by atoms with Crippen LogP contribution in [0.2, 0.25) is 0 Å². The predicted octanol–water partition coefficient (Wildman–Crippen LogP) is 6.12. The lowest BCUT2D eigenvalue weighted by Crippen LogP contribution is -2.14. The molecule has 0 unspecified atom stereocenters. The number of halogens is 3. The Labute approximate surface area is 153 Å². The van der Waals surface area contributed by atoms with Gasteiger partial charge in [0.15, 0.2) is 0 Å². The third-order valence-corrected chi connectivity index (χ3v) is 4.03. The molecule has 3 aromatic rings. The summed E-state index contributed by atoms with van der Waals surface area (Å²) in [7, 11) is 0. The van der Waals surface area contributed by atoms with E-state index >= 15 is 0 Å². The highest BCUT2D eigenvalue weighted by Crippen LogP contribution is 2.42. The van der Waals surface area contributed by atoms with Crippen LogP contribution in [0.25, 0.3) is 11.1 Å². The van der Waals surface area contributed by atoms with Crippen molar-refractivity contribution in [3.05, 3.63) is 112 Å². The lowest BCUT2D eigenvalue weighted by atomic mass is 9.89. The van der Waals surface area contributed by atoms with E-state index in [1.807, 2.05) is 0 Å². The molecular formula is C21H14F3NO2. The molecule has 3 aromatic carbocycles. The highest BCUT2D eigenvalue weighted by Gasteiger charge is 2.38. The minimum absolute atomic E-state index is 0.0239. The highest BCUT2D eigenvalue weighted by atomic mass is 19.4. The van der Waals surface area contributed by atoms with Gasteiger partial charge in [-0.15, -0.1) is 0 Å². The molecule has 0 N–H and O–H groups in total. The highest BCUT2D eigenvalue weighted by molar-refractivity contribution is 6.00. The number of hydrogen-bond acceptors (Lipinski definition) is 2. The first-order chi connectivity index (χ1) is 12.9. The molecular weight excluding hydrogens is 355 g/mol. The number of hydrogen-bond donors (Lipinski definition) is 0. The van der Waals surface area contributed by atoms with Gasteiger partial charge in [-0.2, -0.15) is 13.2 Å². The Bertz CT molecular complexity index is 964. The largest absolute Gasteiger partial charge is 0.417 e. The standard InChI is InChI=1S/C21H14F3NO2/c22-21(23,24)20(17-9-5-2-6-10-17)19(15-7-3-1-4-8-15)16-11-13-18(14-12-16)25(26)27/h1-14H/b20-19-. The van der Waals surface area contributed by atoms with Gasteiger partial charge < -0.3 is 0 Å². The van der Waals surface area contributed by atoms with Crippen LogP contribution < -0.4 is 0 Å². The summed E-state index contributed by atoms with van der Waals surface area (Å²) in [4.78, 5) is 10.3. The van der Waals surface area contributed by atoms with Crippen LogP contribution in [0.15, 0.2) is 84.9 Å². The third kappa shape index (κ3) is 4.06. The number of nitrogens with zero attached hydrogens (tertiary/aromatic N) is 1. The number of benzene rings is 3. The Hall–Kier alpha value is -3.41. The molecule has 0 saturated carbocycles. The topological polar surface area (TPSA) is 43.1 Å². The van der Waals surface area contributed by atoms with Gasteiger partial charge in [0, 0.05) is 17.7 Å². The first kappa shape index (κ1) is 18.4. The van der Waals surface area contributed by atoms with E-state index < -0.39 is 16.7 Å². The molecule has 0 spiro atoms. The van der Waals surface area contributed by atoms with Crippen molar-refractivity contribution in [3.8, 4) is 0 Å². The predicted molar refractivity (Wildman–Crippen MR) is 98.0 cm³/mol. The Morgan fingerprint density at radius 3 is 1.59 bits per heavy atom. The Morgan fingerprint density at radius 2 is 1.15 bits per heavy atom. The summed E-state index contributed by atoms with van der Waals surface area (Å²) in [6.45, 7) is 0. The summed E-state index contributed by atoms with van der Waals surface area (Å²) in [6.07, 6.45) is -4.62. The van der Waals surface area contributed by atoms with Crippen LogP contribution in [0.3, 0.4) is 0 Å². The Morgan fingerprint density at radius 1 is 0.704 bits per heavy atom. The van der Waals surface area contributed by atoms with E-state index in [2.05, 4.69) is 0 Å². The number of non-ortho nitro benzene ring substituents is 1. The summed E-state index contributed by atoms with van der Waals surface area (Å²) < 4.78 is 42.2. The average molecular weight is 369 g/mol. The number of nitro groups is 1. The van der Waals surface area contributed by atoms with Gasteiger partial charge in [-0.3, -0.25) is 10.1 Å². The van der Waals surface area contributed by atoms with Crippen LogP contribution in [-0.4, -0.2) is 11.1 Å². The van der Waals surface area contributed by atoms with Gasteiger partial charge in [-0.25, -0.2) is 0 Å². The number of rotatable bonds is 4. The second-order valence-electron chi connectivity index (χ2n) is 5.78. The zero-order valence-corrected chi connectivity index (χ0v) is 14.0.